The van der Waals surface area contributed by atoms with Crippen molar-refractivity contribution in [1.29, 1.82) is 0 Å². The van der Waals surface area contributed by atoms with Crippen molar-refractivity contribution < 1.29 is 4.74 Å². The van der Waals surface area contributed by atoms with Crippen LogP contribution in [0.1, 0.15) is 5.69 Å². The van der Waals surface area contributed by atoms with Crippen molar-refractivity contribution in [2.24, 2.45) is 0 Å². The number of ether oxygens (including phenoxy) is 1. The number of hydrogen-bond donors (Lipinski definition) is 0. The van der Waals surface area contributed by atoms with Gasteiger partial charge < -0.3 is 9.64 Å². The SMILES string of the molecule is COCCN(C)c1cnn(Cc2ccc(Cl)nn2)c(=O)c1. The Morgan fingerprint density at radius 2 is 2.19 bits per heavy atom. The first-order valence-corrected chi connectivity index (χ1v) is 6.73. The highest BCUT2D eigenvalue weighted by Crippen LogP contribution is 2.07. The molecule has 0 aliphatic heterocycles. The third kappa shape index (κ3) is 4.24. The number of nitrogens with zero attached hydrogens (tertiary/aromatic N) is 5. The molecule has 0 N–H and O–H groups in total. The first-order valence-electron chi connectivity index (χ1n) is 6.35. The van der Waals surface area contributed by atoms with Gasteiger partial charge in [-0.05, 0) is 12.1 Å². The van der Waals surface area contributed by atoms with Crippen LogP contribution < -0.4 is 10.5 Å². The van der Waals surface area contributed by atoms with Crippen molar-refractivity contribution in [3.05, 3.63) is 45.6 Å². The summed E-state index contributed by atoms with van der Waals surface area (Å²) in [7, 11) is 3.52. The Labute approximate surface area is 127 Å². The van der Waals surface area contributed by atoms with Gasteiger partial charge in [-0.1, -0.05) is 11.6 Å². The van der Waals surface area contributed by atoms with Gasteiger partial charge in [0.1, 0.15) is 0 Å². The summed E-state index contributed by atoms with van der Waals surface area (Å²) in [5.41, 5.74) is 1.17. The first-order chi connectivity index (χ1) is 10.1. The lowest BCUT2D eigenvalue weighted by Gasteiger charge is -2.18. The molecule has 0 radical (unpaired) electrons. The number of rotatable bonds is 6. The Balaban J connectivity index is 2.12. The van der Waals surface area contributed by atoms with Crippen LogP contribution in [0.15, 0.2) is 29.2 Å². The largest absolute Gasteiger partial charge is 0.383 e. The average molecular weight is 310 g/mol. The zero-order chi connectivity index (χ0) is 15.2. The van der Waals surface area contributed by atoms with Crippen molar-refractivity contribution >= 4 is 17.3 Å². The second kappa shape index (κ2) is 7.14. The highest BCUT2D eigenvalue weighted by Gasteiger charge is 2.06. The minimum absolute atomic E-state index is 0.200. The molecular formula is C13H16ClN5O2. The van der Waals surface area contributed by atoms with E-state index in [9.17, 15) is 4.79 Å². The molecule has 0 atom stereocenters. The highest BCUT2D eigenvalue weighted by molar-refractivity contribution is 6.29. The Morgan fingerprint density at radius 1 is 1.38 bits per heavy atom. The van der Waals surface area contributed by atoms with Gasteiger partial charge in [0.2, 0.25) is 0 Å². The molecule has 0 unspecified atom stereocenters. The molecule has 0 saturated heterocycles. The van der Waals surface area contributed by atoms with Crippen LogP contribution in [0.4, 0.5) is 5.69 Å². The molecule has 112 valence electrons. The Morgan fingerprint density at radius 3 is 2.81 bits per heavy atom. The number of likely N-dealkylation sites (N-methyl/N-ethyl adjacent to an activating group) is 1. The Kier molecular flexibility index (Phi) is 5.24. The predicted molar refractivity (Wildman–Crippen MR) is 79.8 cm³/mol. The molecule has 0 amide bonds. The molecule has 2 rings (SSSR count). The minimum Gasteiger partial charge on any atom is -0.383 e. The van der Waals surface area contributed by atoms with Gasteiger partial charge in [-0.3, -0.25) is 4.79 Å². The lowest BCUT2D eigenvalue weighted by molar-refractivity contribution is 0.206. The van der Waals surface area contributed by atoms with Crippen molar-refractivity contribution in [3.8, 4) is 0 Å². The summed E-state index contributed by atoms with van der Waals surface area (Å²) >= 11 is 5.67. The lowest BCUT2D eigenvalue weighted by atomic mass is 10.3. The summed E-state index contributed by atoms with van der Waals surface area (Å²) in [5.74, 6) is 0. The number of methoxy groups -OCH3 is 1. The quantitative estimate of drug-likeness (QED) is 0.786. The van der Waals surface area contributed by atoms with E-state index in [1.54, 1.807) is 25.4 Å². The van der Waals surface area contributed by atoms with Crippen LogP contribution in [0.3, 0.4) is 0 Å². The van der Waals surface area contributed by atoms with Gasteiger partial charge in [0, 0.05) is 26.8 Å². The minimum atomic E-state index is -0.200. The maximum absolute atomic E-state index is 12.1. The lowest BCUT2D eigenvalue weighted by Crippen LogP contribution is -2.28. The molecule has 0 fully saturated rings. The first kappa shape index (κ1) is 15.4. The maximum atomic E-state index is 12.1. The number of aromatic nitrogens is 4. The fraction of sp³-hybridized carbons (Fsp3) is 0.385. The Bertz CT molecular complexity index is 644. The van der Waals surface area contributed by atoms with E-state index in [-0.39, 0.29) is 12.1 Å². The summed E-state index contributed by atoms with van der Waals surface area (Å²) in [5, 5.41) is 12.1. The van der Waals surface area contributed by atoms with Crippen molar-refractivity contribution in [3.63, 3.8) is 0 Å². The fourth-order valence-electron chi connectivity index (χ4n) is 1.69. The van der Waals surface area contributed by atoms with Gasteiger partial charge in [0.25, 0.3) is 5.56 Å². The van der Waals surface area contributed by atoms with E-state index in [4.69, 9.17) is 16.3 Å². The van der Waals surface area contributed by atoms with Crippen molar-refractivity contribution in [1.82, 2.24) is 20.0 Å². The van der Waals surface area contributed by atoms with Gasteiger partial charge in [-0.25, -0.2) is 4.68 Å². The molecule has 0 saturated carbocycles. The standard InChI is InChI=1S/C13H16ClN5O2/c1-18(5-6-21-2)11-7-13(20)19(15-8-11)9-10-3-4-12(14)17-16-10/h3-4,7-8H,5-6,9H2,1-2H3. The summed E-state index contributed by atoms with van der Waals surface area (Å²) < 4.78 is 6.33. The second-order valence-corrected chi connectivity index (χ2v) is 4.86. The van der Waals surface area contributed by atoms with E-state index >= 15 is 0 Å². The molecule has 8 heteroatoms. The van der Waals surface area contributed by atoms with Gasteiger partial charge >= 0.3 is 0 Å². The van der Waals surface area contributed by atoms with Crippen LogP contribution >= 0.6 is 11.6 Å². The predicted octanol–water partition coefficient (Wildman–Crippen LogP) is 0.818. The fourth-order valence-corrected chi connectivity index (χ4v) is 1.79. The van der Waals surface area contributed by atoms with Crippen molar-refractivity contribution in [2.75, 3.05) is 32.2 Å². The van der Waals surface area contributed by atoms with Crippen LogP contribution in [0.2, 0.25) is 5.15 Å². The zero-order valence-corrected chi connectivity index (χ0v) is 12.6. The van der Waals surface area contributed by atoms with Gasteiger partial charge in [-0.15, -0.1) is 5.10 Å². The van der Waals surface area contributed by atoms with E-state index in [0.29, 0.717) is 24.0 Å². The number of halogens is 1. The molecule has 21 heavy (non-hydrogen) atoms. The van der Waals surface area contributed by atoms with Gasteiger partial charge in [-0.2, -0.15) is 10.2 Å². The molecule has 0 aliphatic carbocycles. The van der Waals surface area contributed by atoms with E-state index in [0.717, 1.165) is 5.69 Å². The third-order valence-corrected chi connectivity index (χ3v) is 3.13. The third-order valence-electron chi connectivity index (χ3n) is 2.93. The molecule has 2 aromatic heterocycles. The van der Waals surface area contributed by atoms with Crippen LogP contribution in [-0.2, 0) is 11.3 Å². The van der Waals surface area contributed by atoms with Crippen molar-refractivity contribution in [2.45, 2.75) is 6.54 Å². The van der Waals surface area contributed by atoms with Gasteiger partial charge in [0.15, 0.2) is 5.15 Å². The number of hydrogen-bond acceptors (Lipinski definition) is 6. The average Bonchev–Trinajstić information content (AvgIpc) is 2.49. The van der Waals surface area contributed by atoms with Crippen LogP contribution in [0, 0.1) is 0 Å². The molecular weight excluding hydrogens is 294 g/mol. The van der Waals surface area contributed by atoms with E-state index in [1.807, 2.05) is 11.9 Å². The maximum Gasteiger partial charge on any atom is 0.269 e. The normalized spacial score (nSPS) is 10.6. The summed E-state index contributed by atoms with van der Waals surface area (Å²) in [4.78, 5) is 14.0. The molecule has 0 spiro atoms. The molecule has 7 nitrogen and oxygen atoms in total. The van der Waals surface area contributed by atoms with Crippen LogP contribution in [0.5, 0.6) is 0 Å². The molecule has 2 heterocycles. The van der Waals surface area contributed by atoms with E-state index in [1.165, 1.54) is 10.7 Å². The summed E-state index contributed by atoms with van der Waals surface area (Å²) in [6.45, 7) is 1.52. The summed E-state index contributed by atoms with van der Waals surface area (Å²) in [6, 6.07) is 4.87. The van der Waals surface area contributed by atoms with E-state index < -0.39 is 0 Å². The molecule has 0 bridgehead atoms. The molecule has 0 aromatic carbocycles. The Hall–Kier alpha value is -1.99. The number of anilines is 1. The molecule has 0 aliphatic rings. The summed E-state index contributed by atoms with van der Waals surface area (Å²) in [6.07, 6.45) is 1.64. The molecule has 2 aromatic rings. The second-order valence-electron chi connectivity index (χ2n) is 4.47. The smallest absolute Gasteiger partial charge is 0.269 e. The van der Waals surface area contributed by atoms with Crippen LogP contribution in [-0.4, -0.2) is 47.3 Å². The topological polar surface area (TPSA) is 73.1 Å². The highest BCUT2D eigenvalue weighted by atomic mass is 35.5. The zero-order valence-electron chi connectivity index (χ0n) is 11.9. The van der Waals surface area contributed by atoms with Gasteiger partial charge in [0.05, 0.1) is 30.7 Å². The van der Waals surface area contributed by atoms with Crippen LogP contribution in [0.25, 0.3) is 0 Å². The monoisotopic (exact) mass is 309 g/mol. The van der Waals surface area contributed by atoms with E-state index in [2.05, 4.69) is 15.3 Å².